The molecule has 1 aliphatic carbocycles. The molecule has 1 amide bonds. The number of nitrogens with one attached hydrogen (secondary N) is 2. The van der Waals surface area contributed by atoms with Crippen molar-refractivity contribution in [1.29, 1.82) is 0 Å². The maximum Gasteiger partial charge on any atom is 0.534 e. The number of halogens is 6. The molecule has 0 radical (unpaired) electrons. The summed E-state index contributed by atoms with van der Waals surface area (Å²) in [5.74, 6) is -2.98. The Balaban J connectivity index is 0.000000604. The molecule has 1 aromatic rings. The predicted molar refractivity (Wildman–Crippen MR) is 120 cm³/mol. The maximum atomic E-state index is 12.7. The Bertz CT molecular complexity index is 1120. The summed E-state index contributed by atoms with van der Waals surface area (Å²) >= 11 is 0. The Kier molecular flexibility index (Phi) is 9.28. The summed E-state index contributed by atoms with van der Waals surface area (Å²) in [4.78, 5) is 21.6. The second kappa shape index (κ2) is 11.3. The van der Waals surface area contributed by atoms with Gasteiger partial charge in [-0.15, -0.1) is 0 Å². The van der Waals surface area contributed by atoms with Crippen molar-refractivity contribution in [1.82, 2.24) is 10.6 Å². The van der Waals surface area contributed by atoms with Crippen LogP contribution in [0.3, 0.4) is 0 Å². The molecule has 1 saturated heterocycles. The van der Waals surface area contributed by atoms with E-state index in [0.717, 1.165) is 25.8 Å². The summed E-state index contributed by atoms with van der Waals surface area (Å²) in [6.07, 6.45) is 2.45. The molecule has 1 aromatic carbocycles. The highest BCUT2D eigenvalue weighted by atomic mass is 32.2. The first-order valence-electron chi connectivity index (χ1n) is 11.0. The summed E-state index contributed by atoms with van der Waals surface area (Å²) in [7, 11) is -5.78. The Labute approximate surface area is 209 Å². The van der Waals surface area contributed by atoms with Gasteiger partial charge in [-0.1, -0.05) is 18.2 Å². The molecule has 15 heteroatoms. The molecule has 1 aliphatic heterocycles. The van der Waals surface area contributed by atoms with Gasteiger partial charge in [-0.25, -0.2) is 4.79 Å². The monoisotopic (exact) mass is 560 g/mol. The summed E-state index contributed by atoms with van der Waals surface area (Å²) in [6.45, 7) is 4.22. The van der Waals surface area contributed by atoms with Crippen LogP contribution in [-0.2, 0) is 19.7 Å². The number of hydrogen-bond donors (Lipinski definition) is 3. The fraction of sp³-hybridized carbons (Fsp3) is 0.545. The SMILES string of the molecule is C[C@H](NC(=O)[C@]1(C)CCCN1)c1cc(OS(=O)(=O)C(F)(F)F)ccc1/C=C/C1CC1.O=C(O)C(F)(F)F. The molecule has 2 aliphatic rings. The molecule has 2 atom stereocenters. The van der Waals surface area contributed by atoms with Gasteiger partial charge in [0, 0.05) is 0 Å². The number of carboxylic acids is 1. The van der Waals surface area contributed by atoms with Gasteiger partial charge in [0.2, 0.25) is 5.91 Å². The standard InChI is InChI=1S/C20H25F3N2O4S.C2HF3O2/c1-13(25-18(26)19(2)10-3-11-24-19)17-12-16(29-30(27,28)20(21,22)23)9-8-15(17)7-6-14-4-5-14;3-2(4,5)1(6)7/h6-9,12-14,24H,3-5,10-11H2,1-2H3,(H,25,26);(H,6,7)/b7-6+;/t13-,19-;/m0./s1. The highest BCUT2D eigenvalue weighted by Crippen LogP contribution is 2.34. The minimum atomic E-state index is -5.78. The molecule has 1 saturated carbocycles. The molecule has 3 N–H and O–H groups in total. The lowest BCUT2D eigenvalue weighted by molar-refractivity contribution is -0.192. The van der Waals surface area contributed by atoms with Crippen molar-refractivity contribution in [2.45, 2.75) is 62.8 Å². The van der Waals surface area contributed by atoms with Crippen molar-refractivity contribution in [3.63, 3.8) is 0 Å². The lowest BCUT2D eigenvalue weighted by atomic mass is 9.96. The molecule has 2 fully saturated rings. The Hall–Kier alpha value is -2.81. The Morgan fingerprint density at radius 1 is 1.22 bits per heavy atom. The summed E-state index contributed by atoms with van der Waals surface area (Å²) in [5.41, 5.74) is -5.10. The van der Waals surface area contributed by atoms with Crippen molar-refractivity contribution in [3.05, 3.63) is 35.4 Å². The number of hydrogen-bond acceptors (Lipinski definition) is 6. The molecule has 0 unspecified atom stereocenters. The van der Waals surface area contributed by atoms with Gasteiger partial charge >= 0.3 is 27.8 Å². The van der Waals surface area contributed by atoms with E-state index in [2.05, 4.69) is 14.8 Å². The normalized spacial score (nSPS) is 21.2. The lowest BCUT2D eigenvalue weighted by Gasteiger charge is -2.26. The molecular formula is C22H26F6N2O6S. The van der Waals surface area contributed by atoms with Gasteiger partial charge in [0.05, 0.1) is 11.6 Å². The Morgan fingerprint density at radius 2 is 1.81 bits per heavy atom. The van der Waals surface area contributed by atoms with Crippen molar-refractivity contribution in [2.75, 3.05) is 6.54 Å². The van der Waals surface area contributed by atoms with Crippen LogP contribution in [0.2, 0.25) is 0 Å². The van der Waals surface area contributed by atoms with E-state index < -0.39 is 45.1 Å². The number of aliphatic carboxylic acids is 1. The lowest BCUT2D eigenvalue weighted by Crippen LogP contribution is -2.51. The predicted octanol–water partition coefficient (Wildman–Crippen LogP) is 4.29. The van der Waals surface area contributed by atoms with Gasteiger partial charge in [-0.05, 0) is 75.3 Å². The zero-order valence-corrected chi connectivity index (χ0v) is 20.6. The van der Waals surface area contributed by atoms with Crippen molar-refractivity contribution in [2.24, 2.45) is 5.92 Å². The van der Waals surface area contributed by atoms with Crippen LogP contribution >= 0.6 is 0 Å². The second-order valence-electron chi connectivity index (χ2n) is 8.83. The summed E-state index contributed by atoms with van der Waals surface area (Å²) in [6, 6.07) is 3.32. The zero-order chi connectivity index (χ0) is 28.2. The van der Waals surface area contributed by atoms with Crippen LogP contribution in [-0.4, -0.2) is 49.2 Å². The van der Waals surface area contributed by atoms with E-state index >= 15 is 0 Å². The van der Waals surface area contributed by atoms with Gasteiger partial charge in [0.1, 0.15) is 5.75 Å². The smallest absolute Gasteiger partial charge is 0.475 e. The number of carboxylic acid groups (broad SMARTS) is 1. The molecule has 3 rings (SSSR count). The first-order chi connectivity index (χ1) is 16.9. The van der Waals surface area contributed by atoms with E-state index in [0.29, 0.717) is 23.5 Å². The minimum absolute atomic E-state index is 0.223. The van der Waals surface area contributed by atoms with Gasteiger partial charge in [0.25, 0.3) is 0 Å². The maximum absolute atomic E-state index is 12.7. The fourth-order valence-electron chi connectivity index (χ4n) is 3.36. The number of carbonyl (C=O) groups excluding carboxylic acids is 1. The molecule has 1 heterocycles. The van der Waals surface area contributed by atoms with E-state index in [9.17, 15) is 39.6 Å². The quantitative estimate of drug-likeness (QED) is 0.258. The number of benzene rings is 1. The third-order valence-corrected chi connectivity index (χ3v) is 6.62. The highest BCUT2D eigenvalue weighted by molar-refractivity contribution is 7.88. The highest BCUT2D eigenvalue weighted by Gasteiger charge is 2.48. The topological polar surface area (TPSA) is 122 Å². The zero-order valence-electron chi connectivity index (χ0n) is 19.7. The summed E-state index contributed by atoms with van der Waals surface area (Å²) < 4.78 is 96.8. The first-order valence-corrected chi connectivity index (χ1v) is 12.5. The molecule has 0 spiro atoms. The number of carbonyl (C=O) groups is 2. The van der Waals surface area contributed by atoms with Gasteiger partial charge in [0.15, 0.2) is 0 Å². The van der Waals surface area contributed by atoms with E-state index in [1.807, 2.05) is 12.2 Å². The van der Waals surface area contributed by atoms with Crippen LogP contribution in [0.15, 0.2) is 24.3 Å². The van der Waals surface area contributed by atoms with Crippen molar-refractivity contribution >= 4 is 28.1 Å². The average molecular weight is 561 g/mol. The van der Waals surface area contributed by atoms with Crippen molar-refractivity contribution < 1.29 is 53.6 Å². The van der Waals surface area contributed by atoms with E-state index in [-0.39, 0.29) is 5.91 Å². The number of alkyl halides is 6. The average Bonchev–Trinajstić information content (AvgIpc) is 3.49. The number of allylic oxidation sites excluding steroid dienone is 1. The largest absolute Gasteiger partial charge is 0.534 e. The molecule has 0 bridgehead atoms. The van der Waals surface area contributed by atoms with E-state index in [1.54, 1.807) is 13.8 Å². The number of rotatable bonds is 7. The van der Waals surface area contributed by atoms with Crippen LogP contribution < -0.4 is 14.8 Å². The number of amides is 1. The molecular weight excluding hydrogens is 534 g/mol. The van der Waals surface area contributed by atoms with E-state index in [1.165, 1.54) is 18.2 Å². The van der Waals surface area contributed by atoms with Crippen LogP contribution in [0, 0.1) is 5.92 Å². The summed E-state index contributed by atoms with van der Waals surface area (Å²) in [5, 5.41) is 13.2. The van der Waals surface area contributed by atoms with Crippen LogP contribution in [0.5, 0.6) is 5.75 Å². The second-order valence-corrected chi connectivity index (χ2v) is 10.4. The minimum Gasteiger partial charge on any atom is -0.475 e. The van der Waals surface area contributed by atoms with Gasteiger partial charge < -0.3 is 19.9 Å². The third kappa shape index (κ3) is 8.62. The first kappa shape index (κ1) is 30.4. The van der Waals surface area contributed by atoms with Gasteiger partial charge in [-0.3, -0.25) is 4.79 Å². The molecule has 37 heavy (non-hydrogen) atoms. The molecule has 8 nitrogen and oxygen atoms in total. The fourth-order valence-corrected chi connectivity index (χ4v) is 3.81. The van der Waals surface area contributed by atoms with Crippen LogP contribution in [0.1, 0.15) is 56.7 Å². The van der Waals surface area contributed by atoms with Crippen molar-refractivity contribution in [3.8, 4) is 5.75 Å². The van der Waals surface area contributed by atoms with E-state index in [4.69, 9.17) is 9.90 Å². The third-order valence-electron chi connectivity index (χ3n) is 5.64. The van der Waals surface area contributed by atoms with Crippen LogP contribution in [0.25, 0.3) is 6.08 Å². The van der Waals surface area contributed by atoms with Crippen LogP contribution in [0.4, 0.5) is 26.3 Å². The van der Waals surface area contributed by atoms with Gasteiger partial charge in [-0.2, -0.15) is 34.8 Å². The molecule has 0 aromatic heterocycles. The Morgan fingerprint density at radius 3 is 2.27 bits per heavy atom. The molecule has 208 valence electrons.